The molecule has 9 nitrogen and oxygen atoms in total. The summed E-state index contributed by atoms with van der Waals surface area (Å²) in [5.41, 5.74) is -0.0408. The number of benzene rings is 1. The van der Waals surface area contributed by atoms with Crippen molar-refractivity contribution in [3.63, 3.8) is 0 Å². The molecular formula is C13H17N3O6S. The Balaban J connectivity index is 2.85. The summed E-state index contributed by atoms with van der Waals surface area (Å²) in [6.45, 7) is 1.28. The predicted molar refractivity (Wildman–Crippen MR) is 80.2 cm³/mol. The number of carbonyl (C=O) groups excluding carboxylic acids is 3. The number of hydrogen-bond donors (Lipinski definition) is 3. The van der Waals surface area contributed by atoms with Gasteiger partial charge in [-0.15, -0.1) is 0 Å². The summed E-state index contributed by atoms with van der Waals surface area (Å²) in [5, 5.41) is 4.14. The largest absolute Gasteiger partial charge is 0.449 e. The summed E-state index contributed by atoms with van der Waals surface area (Å²) in [4.78, 5) is 34.5. The van der Waals surface area contributed by atoms with E-state index in [9.17, 15) is 22.8 Å². The zero-order valence-electron chi connectivity index (χ0n) is 12.7. The first-order chi connectivity index (χ1) is 10.7. The molecule has 0 aliphatic rings. The fourth-order valence-corrected chi connectivity index (χ4v) is 2.24. The van der Waals surface area contributed by atoms with E-state index < -0.39 is 34.0 Å². The van der Waals surface area contributed by atoms with Gasteiger partial charge in [-0.3, -0.25) is 10.1 Å². The Kier molecular flexibility index (Phi) is 6.22. The molecule has 3 amide bonds. The van der Waals surface area contributed by atoms with Crippen molar-refractivity contribution in [2.45, 2.75) is 17.9 Å². The minimum atomic E-state index is -3.71. The van der Waals surface area contributed by atoms with E-state index in [4.69, 9.17) is 4.74 Å². The first-order valence-corrected chi connectivity index (χ1v) is 7.96. The molecule has 1 aromatic rings. The highest BCUT2D eigenvalue weighted by molar-refractivity contribution is 7.89. The van der Waals surface area contributed by atoms with Gasteiger partial charge in [-0.2, -0.15) is 0 Å². The monoisotopic (exact) mass is 343 g/mol. The smallest absolute Gasteiger partial charge is 0.338 e. The molecule has 10 heteroatoms. The van der Waals surface area contributed by atoms with Gasteiger partial charge in [-0.1, -0.05) is 6.07 Å². The first kappa shape index (κ1) is 18.6. The molecular weight excluding hydrogens is 326 g/mol. The number of carbonyl (C=O) groups is 3. The van der Waals surface area contributed by atoms with Crippen LogP contribution in [0.25, 0.3) is 0 Å². The lowest BCUT2D eigenvalue weighted by Gasteiger charge is -2.13. The Bertz CT molecular complexity index is 716. The molecule has 0 bridgehead atoms. The lowest BCUT2D eigenvalue weighted by Crippen LogP contribution is -2.43. The zero-order valence-corrected chi connectivity index (χ0v) is 13.6. The van der Waals surface area contributed by atoms with Crippen LogP contribution >= 0.6 is 0 Å². The van der Waals surface area contributed by atoms with Crippen molar-refractivity contribution in [3.8, 4) is 0 Å². The van der Waals surface area contributed by atoms with E-state index in [-0.39, 0.29) is 10.5 Å². The van der Waals surface area contributed by atoms with Gasteiger partial charge in [0.05, 0.1) is 10.5 Å². The number of nitrogens with one attached hydrogen (secondary N) is 3. The highest BCUT2D eigenvalue weighted by atomic mass is 32.2. The molecule has 1 aromatic carbocycles. The van der Waals surface area contributed by atoms with E-state index >= 15 is 0 Å². The third-order valence-corrected chi connectivity index (χ3v) is 4.18. The summed E-state index contributed by atoms with van der Waals surface area (Å²) < 4.78 is 30.4. The molecule has 0 unspecified atom stereocenters. The molecule has 0 fully saturated rings. The summed E-state index contributed by atoms with van der Waals surface area (Å²) in [5.74, 6) is -1.70. The fraction of sp³-hybridized carbons (Fsp3) is 0.308. The summed E-state index contributed by atoms with van der Waals surface area (Å²) in [7, 11) is -1.14. The van der Waals surface area contributed by atoms with Crippen LogP contribution in [0.3, 0.4) is 0 Å². The van der Waals surface area contributed by atoms with Crippen molar-refractivity contribution in [3.05, 3.63) is 29.8 Å². The SMILES string of the molecule is CNC(=O)NC(=O)[C@H](C)OC(=O)c1cccc(S(=O)(=O)NC)c1. The van der Waals surface area contributed by atoms with Gasteiger partial charge in [0.25, 0.3) is 5.91 Å². The summed E-state index contributed by atoms with van der Waals surface area (Å²) in [6.07, 6.45) is -1.23. The van der Waals surface area contributed by atoms with Crippen molar-refractivity contribution in [1.82, 2.24) is 15.4 Å². The standard InChI is InChI=1S/C13H17N3O6S/c1-8(11(17)16-13(19)14-2)22-12(18)9-5-4-6-10(7-9)23(20,21)15-3/h4-8,15H,1-3H3,(H2,14,16,17,19)/t8-/m0/s1. The molecule has 0 radical (unpaired) electrons. The van der Waals surface area contributed by atoms with Gasteiger partial charge in [0.1, 0.15) is 0 Å². The van der Waals surface area contributed by atoms with Crippen LogP contribution in [0.1, 0.15) is 17.3 Å². The molecule has 3 N–H and O–H groups in total. The molecule has 23 heavy (non-hydrogen) atoms. The van der Waals surface area contributed by atoms with Crippen LogP contribution in [0.2, 0.25) is 0 Å². The molecule has 0 saturated heterocycles. The first-order valence-electron chi connectivity index (χ1n) is 6.48. The minimum absolute atomic E-state index is 0.0408. The second kappa shape index (κ2) is 7.70. The second-order valence-electron chi connectivity index (χ2n) is 4.35. The van der Waals surface area contributed by atoms with Gasteiger partial charge in [-0.25, -0.2) is 22.7 Å². The van der Waals surface area contributed by atoms with Crippen LogP contribution in [0, 0.1) is 0 Å². The summed E-state index contributed by atoms with van der Waals surface area (Å²) >= 11 is 0. The van der Waals surface area contributed by atoms with E-state index in [1.165, 1.54) is 39.2 Å². The van der Waals surface area contributed by atoms with E-state index in [2.05, 4.69) is 10.0 Å². The molecule has 1 atom stereocenters. The Hall–Kier alpha value is -2.46. The molecule has 0 saturated carbocycles. The maximum absolute atomic E-state index is 12.0. The fourth-order valence-electron chi connectivity index (χ4n) is 1.47. The average Bonchev–Trinajstić information content (AvgIpc) is 2.54. The third kappa shape index (κ3) is 5.04. The average molecular weight is 343 g/mol. The van der Waals surface area contributed by atoms with E-state index in [0.29, 0.717) is 0 Å². The van der Waals surface area contributed by atoms with E-state index in [1.807, 2.05) is 5.32 Å². The number of rotatable bonds is 5. The Labute approximate surface area is 133 Å². The van der Waals surface area contributed by atoms with Crippen LogP contribution in [-0.2, 0) is 19.6 Å². The van der Waals surface area contributed by atoms with Crippen LogP contribution in [0.15, 0.2) is 29.2 Å². The van der Waals surface area contributed by atoms with E-state index in [0.717, 1.165) is 6.07 Å². The van der Waals surface area contributed by atoms with Gasteiger partial charge in [0, 0.05) is 7.05 Å². The van der Waals surface area contributed by atoms with Gasteiger partial charge in [0.15, 0.2) is 6.10 Å². The highest BCUT2D eigenvalue weighted by Crippen LogP contribution is 2.12. The Morgan fingerprint density at radius 3 is 2.39 bits per heavy atom. The quantitative estimate of drug-likeness (QED) is 0.623. The van der Waals surface area contributed by atoms with Gasteiger partial charge >= 0.3 is 12.0 Å². The lowest BCUT2D eigenvalue weighted by atomic mass is 10.2. The van der Waals surface area contributed by atoms with Crippen LogP contribution in [0.4, 0.5) is 4.79 Å². The number of imide groups is 1. The third-order valence-electron chi connectivity index (χ3n) is 2.77. The number of sulfonamides is 1. The minimum Gasteiger partial charge on any atom is -0.449 e. The Morgan fingerprint density at radius 1 is 1.17 bits per heavy atom. The van der Waals surface area contributed by atoms with E-state index in [1.54, 1.807) is 0 Å². The maximum Gasteiger partial charge on any atom is 0.338 e. The number of amides is 3. The molecule has 126 valence electrons. The molecule has 0 heterocycles. The maximum atomic E-state index is 12.0. The molecule has 0 aromatic heterocycles. The normalized spacial score (nSPS) is 12.1. The molecule has 1 rings (SSSR count). The second-order valence-corrected chi connectivity index (χ2v) is 6.24. The molecule has 0 aliphatic carbocycles. The number of esters is 1. The topological polar surface area (TPSA) is 131 Å². The van der Waals surface area contributed by atoms with Crippen LogP contribution in [0.5, 0.6) is 0 Å². The summed E-state index contributed by atoms with van der Waals surface area (Å²) in [6, 6.07) is 4.42. The van der Waals surface area contributed by atoms with Crippen molar-refractivity contribution >= 4 is 27.9 Å². The molecule has 0 spiro atoms. The van der Waals surface area contributed by atoms with Crippen molar-refractivity contribution in [2.75, 3.05) is 14.1 Å². The van der Waals surface area contributed by atoms with Crippen LogP contribution < -0.4 is 15.4 Å². The predicted octanol–water partition coefficient (Wildman–Crippen LogP) is -0.404. The lowest BCUT2D eigenvalue weighted by molar-refractivity contribution is -0.127. The number of ether oxygens (including phenoxy) is 1. The van der Waals surface area contributed by atoms with Crippen molar-refractivity contribution < 1.29 is 27.5 Å². The van der Waals surface area contributed by atoms with Gasteiger partial charge in [0.2, 0.25) is 10.0 Å². The number of urea groups is 1. The Morgan fingerprint density at radius 2 is 1.83 bits per heavy atom. The van der Waals surface area contributed by atoms with Gasteiger partial charge in [-0.05, 0) is 32.2 Å². The zero-order chi connectivity index (χ0) is 17.6. The van der Waals surface area contributed by atoms with Crippen LogP contribution in [-0.4, -0.2) is 46.5 Å². The highest BCUT2D eigenvalue weighted by Gasteiger charge is 2.21. The number of hydrogen-bond acceptors (Lipinski definition) is 6. The van der Waals surface area contributed by atoms with Crippen molar-refractivity contribution in [2.24, 2.45) is 0 Å². The molecule has 0 aliphatic heterocycles. The van der Waals surface area contributed by atoms with Crippen molar-refractivity contribution in [1.29, 1.82) is 0 Å². The van der Waals surface area contributed by atoms with Gasteiger partial charge < -0.3 is 10.1 Å².